The molecule has 6 nitrogen and oxygen atoms in total. The number of hydrogen-bond acceptors (Lipinski definition) is 5. The van der Waals surface area contributed by atoms with E-state index < -0.39 is 11.0 Å². The summed E-state index contributed by atoms with van der Waals surface area (Å²) < 4.78 is 7.46. The standard InChI is InChI=1S/C17H21BrN2O2.C14H17BrN2/c1-16(2,3)22-15(21)20-10-8-17(12-19,9-11-20)13-4-6-14(18)7-5-13;1-2-17-9-7-14(11-16,8-10-17)12-3-5-13(15)6-4-12/h4-7H,8-11H2,1-3H3;3-6H,2,7-10H2,1H3. The Balaban J connectivity index is 0.000000223. The molecule has 2 aromatic rings. The summed E-state index contributed by atoms with van der Waals surface area (Å²) in [6, 6.07) is 21.1. The van der Waals surface area contributed by atoms with Crippen LogP contribution in [0.3, 0.4) is 0 Å². The Morgan fingerprint density at radius 2 is 1.21 bits per heavy atom. The van der Waals surface area contributed by atoms with E-state index in [1.165, 1.54) is 5.56 Å². The normalized spacial score (nSPS) is 18.6. The fraction of sp³-hybridized carbons (Fsp3) is 0.516. The van der Waals surface area contributed by atoms with Crippen molar-refractivity contribution < 1.29 is 9.53 Å². The molecule has 0 atom stereocenters. The Morgan fingerprint density at radius 3 is 1.54 bits per heavy atom. The van der Waals surface area contributed by atoms with E-state index in [4.69, 9.17) is 4.74 Å². The van der Waals surface area contributed by atoms with E-state index in [9.17, 15) is 15.3 Å². The van der Waals surface area contributed by atoms with Crippen LogP contribution in [-0.2, 0) is 15.6 Å². The third-order valence-electron chi connectivity index (χ3n) is 7.65. The molecule has 2 aliphatic heterocycles. The third kappa shape index (κ3) is 8.07. The van der Waals surface area contributed by atoms with Gasteiger partial charge >= 0.3 is 6.09 Å². The third-order valence-corrected chi connectivity index (χ3v) is 8.70. The lowest BCUT2D eigenvalue weighted by Crippen LogP contribution is -2.46. The van der Waals surface area contributed by atoms with Crippen LogP contribution in [0.2, 0.25) is 0 Å². The van der Waals surface area contributed by atoms with E-state index in [1.54, 1.807) is 4.90 Å². The van der Waals surface area contributed by atoms with Gasteiger partial charge in [0.1, 0.15) is 5.60 Å². The molecule has 0 N–H and O–H groups in total. The van der Waals surface area contributed by atoms with Crippen LogP contribution >= 0.6 is 31.9 Å². The number of carbonyl (C=O) groups is 1. The minimum atomic E-state index is -0.515. The summed E-state index contributed by atoms with van der Waals surface area (Å²) in [4.78, 5) is 16.2. The molecule has 0 spiro atoms. The molecule has 2 aromatic carbocycles. The first-order chi connectivity index (χ1) is 18.5. The molecule has 0 saturated carbocycles. The van der Waals surface area contributed by atoms with Crippen LogP contribution in [-0.4, -0.2) is 54.2 Å². The zero-order valence-electron chi connectivity index (χ0n) is 23.3. The zero-order valence-corrected chi connectivity index (χ0v) is 26.5. The molecule has 2 fully saturated rings. The molecule has 0 bridgehead atoms. The number of ether oxygens (including phenoxy) is 1. The summed E-state index contributed by atoms with van der Waals surface area (Å²) >= 11 is 6.85. The Bertz CT molecular complexity index is 1180. The molecule has 2 aliphatic rings. The molecule has 0 aliphatic carbocycles. The highest BCUT2D eigenvalue weighted by molar-refractivity contribution is 9.10. The fourth-order valence-corrected chi connectivity index (χ4v) is 5.65. The van der Waals surface area contributed by atoms with Crippen LogP contribution in [0.15, 0.2) is 57.5 Å². The molecule has 2 heterocycles. The number of hydrogen-bond donors (Lipinski definition) is 0. The van der Waals surface area contributed by atoms with E-state index >= 15 is 0 Å². The van der Waals surface area contributed by atoms with Gasteiger partial charge in [-0.25, -0.2) is 4.79 Å². The van der Waals surface area contributed by atoms with E-state index in [-0.39, 0.29) is 11.5 Å². The van der Waals surface area contributed by atoms with Gasteiger partial charge < -0.3 is 14.5 Å². The minimum absolute atomic E-state index is 0.271. The van der Waals surface area contributed by atoms with Crippen molar-refractivity contribution in [3.8, 4) is 12.1 Å². The van der Waals surface area contributed by atoms with Gasteiger partial charge in [0.05, 0.1) is 23.0 Å². The van der Waals surface area contributed by atoms with Crippen molar-refractivity contribution in [3.05, 3.63) is 68.6 Å². The molecular formula is C31H38Br2N4O2. The Hall–Kier alpha value is -2.39. The second-order valence-corrected chi connectivity index (χ2v) is 13.1. The average Bonchev–Trinajstić information content (AvgIpc) is 2.93. The van der Waals surface area contributed by atoms with Crippen molar-refractivity contribution >= 4 is 38.0 Å². The monoisotopic (exact) mass is 656 g/mol. The predicted molar refractivity (Wildman–Crippen MR) is 161 cm³/mol. The molecular weight excluding hydrogens is 620 g/mol. The van der Waals surface area contributed by atoms with E-state index in [2.05, 4.69) is 68.0 Å². The smallest absolute Gasteiger partial charge is 0.410 e. The first-order valence-corrected chi connectivity index (χ1v) is 15.1. The molecule has 0 aromatic heterocycles. The van der Waals surface area contributed by atoms with Gasteiger partial charge in [0, 0.05) is 22.0 Å². The Morgan fingerprint density at radius 1 is 0.821 bits per heavy atom. The van der Waals surface area contributed by atoms with Gasteiger partial charge in [0.15, 0.2) is 0 Å². The van der Waals surface area contributed by atoms with Gasteiger partial charge in [-0.05, 0) is 101 Å². The van der Waals surface area contributed by atoms with Gasteiger partial charge in [0.2, 0.25) is 0 Å². The van der Waals surface area contributed by atoms with Crippen LogP contribution in [0.4, 0.5) is 4.79 Å². The first kappa shape index (κ1) is 31.1. The van der Waals surface area contributed by atoms with E-state index in [1.807, 2.05) is 57.2 Å². The van der Waals surface area contributed by atoms with Crippen molar-refractivity contribution in [2.75, 3.05) is 32.7 Å². The number of benzene rings is 2. The van der Waals surface area contributed by atoms with Crippen LogP contribution in [0.25, 0.3) is 0 Å². The molecule has 39 heavy (non-hydrogen) atoms. The maximum atomic E-state index is 12.1. The Kier molecular flexibility index (Phi) is 10.6. The van der Waals surface area contributed by atoms with Gasteiger partial charge in [-0.3, -0.25) is 0 Å². The lowest BCUT2D eigenvalue weighted by molar-refractivity contribution is 0.0185. The highest BCUT2D eigenvalue weighted by Gasteiger charge is 2.39. The quantitative estimate of drug-likeness (QED) is 0.340. The second kappa shape index (κ2) is 13.3. The zero-order chi connectivity index (χ0) is 28.7. The molecule has 0 radical (unpaired) electrons. The number of nitrogens with zero attached hydrogens (tertiary/aromatic N) is 4. The summed E-state index contributed by atoms with van der Waals surface area (Å²) in [5, 5.41) is 19.2. The molecule has 0 unspecified atom stereocenters. The SMILES string of the molecule is CC(C)(C)OC(=O)N1CCC(C#N)(c2ccc(Br)cc2)CC1.CCN1CCC(C#N)(c2ccc(Br)cc2)CC1. The van der Waals surface area contributed by atoms with Crippen molar-refractivity contribution in [2.24, 2.45) is 0 Å². The molecule has 2 saturated heterocycles. The summed E-state index contributed by atoms with van der Waals surface area (Å²) in [6.07, 6.45) is 2.85. The highest BCUT2D eigenvalue weighted by atomic mass is 79.9. The van der Waals surface area contributed by atoms with E-state index in [0.29, 0.717) is 25.9 Å². The van der Waals surface area contributed by atoms with Crippen LogP contribution in [0.1, 0.15) is 64.5 Å². The van der Waals surface area contributed by atoms with E-state index in [0.717, 1.165) is 47.0 Å². The first-order valence-electron chi connectivity index (χ1n) is 13.5. The van der Waals surface area contributed by atoms with Gasteiger partial charge in [-0.15, -0.1) is 0 Å². The van der Waals surface area contributed by atoms with Crippen molar-refractivity contribution in [3.63, 3.8) is 0 Å². The minimum Gasteiger partial charge on any atom is -0.444 e. The number of likely N-dealkylation sites (tertiary alicyclic amines) is 2. The molecule has 4 rings (SSSR count). The fourth-order valence-electron chi connectivity index (χ4n) is 5.12. The largest absolute Gasteiger partial charge is 0.444 e. The predicted octanol–water partition coefficient (Wildman–Crippen LogP) is 7.57. The number of piperidine rings is 2. The van der Waals surface area contributed by atoms with Gasteiger partial charge in [0.25, 0.3) is 0 Å². The van der Waals surface area contributed by atoms with Crippen molar-refractivity contribution in [2.45, 2.75) is 69.8 Å². The Labute approximate surface area is 250 Å². The second-order valence-electron chi connectivity index (χ2n) is 11.3. The summed E-state index contributed by atoms with van der Waals surface area (Å²) in [5.41, 5.74) is 0.902. The number of amides is 1. The number of nitriles is 2. The topological polar surface area (TPSA) is 80.4 Å². The van der Waals surface area contributed by atoms with Crippen molar-refractivity contribution in [1.82, 2.24) is 9.80 Å². The van der Waals surface area contributed by atoms with Crippen LogP contribution in [0, 0.1) is 22.7 Å². The summed E-state index contributed by atoms with van der Waals surface area (Å²) in [5.74, 6) is 0. The number of carbonyl (C=O) groups excluding carboxylic acids is 1. The number of halogens is 2. The van der Waals surface area contributed by atoms with Crippen LogP contribution in [0.5, 0.6) is 0 Å². The summed E-state index contributed by atoms with van der Waals surface area (Å²) in [6.45, 7) is 12.0. The summed E-state index contributed by atoms with van der Waals surface area (Å²) in [7, 11) is 0. The van der Waals surface area contributed by atoms with Crippen molar-refractivity contribution in [1.29, 1.82) is 10.5 Å². The van der Waals surface area contributed by atoms with Crippen LogP contribution < -0.4 is 0 Å². The maximum Gasteiger partial charge on any atom is 0.410 e. The lowest BCUT2D eigenvalue weighted by atomic mass is 9.74. The average molecular weight is 658 g/mol. The van der Waals surface area contributed by atoms with Gasteiger partial charge in [-0.2, -0.15) is 10.5 Å². The maximum absolute atomic E-state index is 12.1. The molecule has 1 amide bonds. The number of rotatable bonds is 3. The molecule has 208 valence electrons. The highest BCUT2D eigenvalue weighted by Crippen LogP contribution is 2.37. The van der Waals surface area contributed by atoms with Gasteiger partial charge in [-0.1, -0.05) is 63.0 Å². The molecule has 8 heteroatoms. The lowest BCUT2D eigenvalue weighted by Gasteiger charge is -2.38.